The van der Waals surface area contributed by atoms with Gasteiger partial charge in [-0.1, -0.05) is 12.1 Å². The van der Waals surface area contributed by atoms with Crippen LogP contribution in [0.3, 0.4) is 0 Å². The van der Waals surface area contributed by atoms with Gasteiger partial charge in [0.15, 0.2) is 0 Å². The van der Waals surface area contributed by atoms with Crippen molar-refractivity contribution in [2.75, 3.05) is 62.4 Å². The minimum atomic E-state index is 0.834. The lowest BCUT2D eigenvalue weighted by Crippen LogP contribution is -2.46. The topological polar surface area (TPSA) is 35.7 Å². The molecule has 1 saturated heterocycles. The van der Waals surface area contributed by atoms with E-state index >= 15 is 0 Å². The van der Waals surface area contributed by atoms with Gasteiger partial charge in [0.1, 0.15) is 0 Å². The van der Waals surface area contributed by atoms with Crippen molar-refractivity contribution in [2.24, 2.45) is 0 Å². The maximum atomic E-state index is 5.77. The molecule has 1 aliphatic rings. The molecule has 4 heteroatoms. The number of hydrogen-bond acceptors (Lipinski definition) is 4. The predicted molar refractivity (Wildman–Crippen MR) is 109 cm³/mol. The second-order valence-electron chi connectivity index (χ2n) is 7.08. The summed E-state index contributed by atoms with van der Waals surface area (Å²) < 4.78 is 0. The first-order valence-electron chi connectivity index (χ1n) is 9.21. The summed E-state index contributed by atoms with van der Waals surface area (Å²) >= 11 is 0. The van der Waals surface area contributed by atoms with Gasteiger partial charge in [-0.15, -0.1) is 0 Å². The van der Waals surface area contributed by atoms with Crippen LogP contribution in [0.5, 0.6) is 0 Å². The third-order valence-electron chi connectivity index (χ3n) is 5.02. The summed E-state index contributed by atoms with van der Waals surface area (Å²) in [6.45, 7) is 5.67. The molecule has 25 heavy (non-hydrogen) atoms. The average molecular weight is 338 g/mol. The molecule has 1 aliphatic heterocycles. The minimum Gasteiger partial charge on any atom is -0.399 e. The summed E-state index contributed by atoms with van der Waals surface area (Å²) in [7, 11) is 4.16. The smallest absolute Gasteiger partial charge is 0.0368 e. The molecule has 2 aromatic carbocycles. The Hall–Kier alpha value is -2.20. The third kappa shape index (κ3) is 4.89. The highest BCUT2D eigenvalue weighted by Gasteiger charge is 2.16. The van der Waals surface area contributed by atoms with Crippen molar-refractivity contribution in [3.8, 4) is 0 Å². The van der Waals surface area contributed by atoms with E-state index in [4.69, 9.17) is 5.73 Å². The molecule has 0 spiro atoms. The van der Waals surface area contributed by atoms with Crippen molar-refractivity contribution in [2.45, 2.75) is 12.8 Å². The van der Waals surface area contributed by atoms with Gasteiger partial charge in [-0.05, 0) is 61.3 Å². The zero-order valence-corrected chi connectivity index (χ0v) is 15.5. The second kappa shape index (κ2) is 8.26. The van der Waals surface area contributed by atoms with Crippen LogP contribution in [0.1, 0.15) is 12.0 Å². The molecule has 3 rings (SSSR count). The fourth-order valence-electron chi connectivity index (χ4n) is 3.38. The molecule has 1 heterocycles. The van der Waals surface area contributed by atoms with E-state index in [1.807, 2.05) is 12.1 Å². The molecule has 0 saturated carbocycles. The predicted octanol–water partition coefficient (Wildman–Crippen LogP) is 3.09. The van der Waals surface area contributed by atoms with Gasteiger partial charge in [-0.25, -0.2) is 0 Å². The fraction of sp³-hybridized carbons (Fsp3) is 0.429. The van der Waals surface area contributed by atoms with Crippen LogP contribution < -0.4 is 15.5 Å². The standard InChI is InChI=1S/C21H30N4/c1-23(2)20-9-5-18(6-10-20)4-3-13-24-14-16-25(17-15-24)21-11-7-19(22)8-12-21/h5-12H,3-4,13-17,22H2,1-2H3. The first-order chi connectivity index (χ1) is 12.1. The molecule has 0 amide bonds. The van der Waals surface area contributed by atoms with Gasteiger partial charge in [-0.3, -0.25) is 4.90 Å². The molecule has 2 N–H and O–H groups in total. The summed E-state index contributed by atoms with van der Waals surface area (Å²) in [5.74, 6) is 0. The van der Waals surface area contributed by atoms with E-state index in [1.54, 1.807) is 0 Å². The number of rotatable bonds is 6. The van der Waals surface area contributed by atoms with Crippen molar-refractivity contribution < 1.29 is 0 Å². The molecule has 0 bridgehead atoms. The first-order valence-corrected chi connectivity index (χ1v) is 9.21. The monoisotopic (exact) mass is 338 g/mol. The normalized spacial score (nSPS) is 15.4. The van der Waals surface area contributed by atoms with Crippen molar-refractivity contribution in [1.29, 1.82) is 0 Å². The van der Waals surface area contributed by atoms with Gasteiger partial charge in [0, 0.05) is 57.3 Å². The number of benzene rings is 2. The number of aryl methyl sites for hydroxylation is 1. The van der Waals surface area contributed by atoms with E-state index in [2.05, 4.69) is 65.2 Å². The summed E-state index contributed by atoms with van der Waals surface area (Å²) in [4.78, 5) is 7.18. The third-order valence-corrected chi connectivity index (χ3v) is 5.02. The van der Waals surface area contributed by atoms with Crippen LogP contribution in [0.25, 0.3) is 0 Å². The van der Waals surface area contributed by atoms with Crippen molar-refractivity contribution in [3.63, 3.8) is 0 Å². The van der Waals surface area contributed by atoms with Gasteiger partial charge >= 0.3 is 0 Å². The minimum absolute atomic E-state index is 0.834. The molecule has 1 fully saturated rings. The molecule has 0 unspecified atom stereocenters. The second-order valence-corrected chi connectivity index (χ2v) is 7.08. The number of nitrogens with zero attached hydrogens (tertiary/aromatic N) is 3. The number of piperazine rings is 1. The summed E-state index contributed by atoms with van der Waals surface area (Å²) in [6.07, 6.45) is 2.38. The Morgan fingerprint density at radius 3 is 2.12 bits per heavy atom. The zero-order valence-electron chi connectivity index (χ0n) is 15.5. The Balaban J connectivity index is 1.40. The molecule has 2 aromatic rings. The molecule has 0 aromatic heterocycles. The summed E-state index contributed by atoms with van der Waals surface area (Å²) in [6, 6.07) is 17.2. The molecular formula is C21H30N4. The van der Waals surface area contributed by atoms with Crippen LogP contribution in [-0.4, -0.2) is 51.7 Å². The van der Waals surface area contributed by atoms with Crippen molar-refractivity contribution >= 4 is 17.1 Å². The van der Waals surface area contributed by atoms with Crippen LogP contribution in [0.15, 0.2) is 48.5 Å². The van der Waals surface area contributed by atoms with Crippen LogP contribution in [-0.2, 0) is 6.42 Å². The first kappa shape index (κ1) is 17.6. The van der Waals surface area contributed by atoms with E-state index in [-0.39, 0.29) is 0 Å². The molecule has 134 valence electrons. The van der Waals surface area contributed by atoms with Crippen molar-refractivity contribution in [1.82, 2.24) is 4.90 Å². The maximum absolute atomic E-state index is 5.77. The molecule has 4 nitrogen and oxygen atoms in total. The highest BCUT2D eigenvalue weighted by molar-refractivity contribution is 5.53. The lowest BCUT2D eigenvalue weighted by atomic mass is 10.1. The van der Waals surface area contributed by atoms with Gasteiger partial charge in [0.2, 0.25) is 0 Å². The number of nitrogens with two attached hydrogens (primary N) is 1. The quantitative estimate of drug-likeness (QED) is 0.821. The average Bonchev–Trinajstić information content (AvgIpc) is 2.63. The summed E-state index contributed by atoms with van der Waals surface area (Å²) in [5.41, 5.74) is 10.6. The van der Waals surface area contributed by atoms with Gasteiger partial charge < -0.3 is 15.5 Å². The fourth-order valence-corrected chi connectivity index (χ4v) is 3.38. The van der Waals surface area contributed by atoms with Gasteiger partial charge in [0.05, 0.1) is 0 Å². The van der Waals surface area contributed by atoms with Crippen LogP contribution in [0, 0.1) is 0 Å². The number of hydrogen-bond donors (Lipinski definition) is 1. The Labute approximate surface area is 151 Å². The summed E-state index contributed by atoms with van der Waals surface area (Å²) in [5, 5.41) is 0. The highest BCUT2D eigenvalue weighted by atomic mass is 15.3. The Morgan fingerprint density at radius 1 is 0.880 bits per heavy atom. The number of anilines is 3. The van der Waals surface area contributed by atoms with E-state index < -0.39 is 0 Å². The van der Waals surface area contributed by atoms with Crippen LogP contribution in [0.4, 0.5) is 17.1 Å². The van der Waals surface area contributed by atoms with Gasteiger partial charge in [-0.2, -0.15) is 0 Å². The van der Waals surface area contributed by atoms with E-state index in [0.717, 1.165) is 38.3 Å². The van der Waals surface area contributed by atoms with E-state index in [1.165, 1.54) is 29.9 Å². The Bertz CT molecular complexity index is 641. The van der Waals surface area contributed by atoms with Crippen LogP contribution >= 0.6 is 0 Å². The molecular weight excluding hydrogens is 308 g/mol. The Morgan fingerprint density at radius 2 is 1.52 bits per heavy atom. The van der Waals surface area contributed by atoms with E-state index in [0.29, 0.717) is 0 Å². The largest absolute Gasteiger partial charge is 0.399 e. The van der Waals surface area contributed by atoms with Crippen LogP contribution in [0.2, 0.25) is 0 Å². The zero-order chi connectivity index (χ0) is 17.6. The Kier molecular flexibility index (Phi) is 5.82. The maximum Gasteiger partial charge on any atom is 0.0368 e. The molecule has 0 radical (unpaired) electrons. The SMILES string of the molecule is CN(C)c1ccc(CCCN2CCN(c3ccc(N)cc3)CC2)cc1. The lowest BCUT2D eigenvalue weighted by molar-refractivity contribution is 0.255. The molecule has 0 aliphatic carbocycles. The highest BCUT2D eigenvalue weighted by Crippen LogP contribution is 2.18. The van der Waals surface area contributed by atoms with Crippen molar-refractivity contribution in [3.05, 3.63) is 54.1 Å². The van der Waals surface area contributed by atoms with Gasteiger partial charge in [0.25, 0.3) is 0 Å². The number of nitrogen functional groups attached to an aromatic ring is 1. The lowest BCUT2D eigenvalue weighted by Gasteiger charge is -2.36. The molecule has 0 atom stereocenters. The van der Waals surface area contributed by atoms with E-state index in [9.17, 15) is 0 Å².